The predicted molar refractivity (Wildman–Crippen MR) is 107 cm³/mol. The molecule has 142 valence electrons. The summed E-state index contributed by atoms with van der Waals surface area (Å²) >= 11 is 0. The molecule has 0 radical (unpaired) electrons. The highest BCUT2D eigenvalue weighted by molar-refractivity contribution is 6.09. The minimum Gasteiger partial charge on any atom is -0.455 e. The van der Waals surface area contributed by atoms with E-state index >= 15 is 0 Å². The first-order valence-electron chi connectivity index (χ1n) is 8.83. The van der Waals surface area contributed by atoms with Gasteiger partial charge in [0, 0.05) is 23.2 Å². The number of guanidine groups is 1. The van der Waals surface area contributed by atoms with Crippen LogP contribution in [0.3, 0.4) is 0 Å². The first-order valence-corrected chi connectivity index (χ1v) is 8.83. The third kappa shape index (κ3) is 3.86. The van der Waals surface area contributed by atoms with Gasteiger partial charge >= 0.3 is 0 Å². The number of para-hydroxylation sites is 1. The van der Waals surface area contributed by atoms with E-state index in [2.05, 4.69) is 29.4 Å². The summed E-state index contributed by atoms with van der Waals surface area (Å²) in [6, 6.07) is 7.61. The van der Waals surface area contributed by atoms with E-state index < -0.39 is 0 Å². The number of fused-ring (bicyclic) bond motifs is 1. The summed E-state index contributed by atoms with van der Waals surface area (Å²) in [5.74, 6) is 0.642. The van der Waals surface area contributed by atoms with Gasteiger partial charge < -0.3 is 21.2 Å². The van der Waals surface area contributed by atoms with Crippen LogP contribution >= 0.6 is 0 Å². The van der Waals surface area contributed by atoms with Crippen LogP contribution in [0.2, 0.25) is 0 Å². The van der Waals surface area contributed by atoms with E-state index in [9.17, 15) is 4.79 Å². The Kier molecular flexibility index (Phi) is 4.78. The first kappa shape index (κ1) is 18.7. The standard InChI is InChI=1S/C20H25N5O2/c1-11-7-5-6-8-13(11)23-18(26)17-12(2)16-14(24-25-19(21)22)9-20(3,4)10-15(16)27-17/h5-8H,9-10H2,1-4H3,(H,23,26)(H4,21,22,25)/b24-14-. The number of amides is 1. The second-order valence-corrected chi connectivity index (χ2v) is 7.71. The highest BCUT2D eigenvalue weighted by Gasteiger charge is 2.36. The third-order valence-electron chi connectivity index (χ3n) is 4.68. The smallest absolute Gasteiger partial charge is 0.291 e. The number of nitrogens with zero attached hydrogens (tertiary/aromatic N) is 2. The molecule has 1 amide bonds. The molecule has 1 aliphatic rings. The molecule has 0 bridgehead atoms. The maximum Gasteiger partial charge on any atom is 0.291 e. The van der Waals surface area contributed by atoms with Crippen LogP contribution in [-0.4, -0.2) is 17.6 Å². The van der Waals surface area contributed by atoms with Gasteiger partial charge in [-0.15, -0.1) is 5.10 Å². The molecule has 0 unspecified atom stereocenters. The van der Waals surface area contributed by atoms with Crippen molar-refractivity contribution in [3.8, 4) is 0 Å². The molecule has 1 aliphatic carbocycles. The number of nitrogens with one attached hydrogen (secondary N) is 1. The molecule has 1 aromatic carbocycles. The van der Waals surface area contributed by atoms with Gasteiger partial charge in [0.05, 0.1) is 5.71 Å². The molecule has 2 aromatic rings. The number of aryl methyl sites for hydroxylation is 1. The summed E-state index contributed by atoms with van der Waals surface area (Å²) < 4.78 is 5.98. The van der Waals surface area contributed by atoms with Crippen LogP contribution in [0.25, 0.3) is 0 Å². The monoisotopic (exact) mass is 367 g/mol. The van der Waals surface area contributed by atoms with E-state index in [4.69, 9.17) is 15.9 Å². The minimum atomic E-state index is -0.282. The van der Waals surface area contributed by atoms with Gasteiger partial charge in [0.15, 0.2) is 5.76 Å². The zero-order chi connectivity index (χ0) is 19.8. The van der Waals surface area contributed by atoms with Crippen LogP contribution in [0.4, 0.5) is 5.69 Å². The Balaban J connectivity index is 2.01. The van der Waals surface area contributed by atoms with Crippen LogP contribution in [0, 0.1) is 19.3 Å². The molecule has 3 rings (SSSR count). The molecule has 0 saturated carbocycles. The number of carbonyl (C=O) groups excluding carboxylic acids is 1. The van der Waals surface area contributed by atoms with Crippen molar-refractivity contribution >= 4 is 23.3 Å². The Morgan fingerprint density at radius 3 is 2.56 bits per heavy atom. The lowest BCUT2D eigenvalue weighted by Gasteiger charge is -2.29. The Bertz CT molecular complexity index is 949. The lowest BCUT2D eigenvalue weighted by Crippen LogP contribution is -2.27. The van der Waals surface area contributed by atoms with E-state index in [-0.39, 0.29) is 17.3 Å². The van der Waals surface area contributed by atoms with Gasteiger partial charge in [-0.1, -0.05) is 32.0 Å². The fraction of sp³-hybridized carbons (Fsp3) is 0.350. The van der Waals surface area contributed by atoms with Crippen LogP contribution < -0.4 is 16.8 Å². The molecule has 5 N–H and O–H groups in total. The van der Waals surface area contributed by atoms with Crippen molar-refractivity contribution in [2.75, 3.05) is 5.32 Å². The third-order valence-corrected chi connectivity index (χ3v) is 4.68. The van der Waals surface area contributed by atoms with Gasteiger partial charge in [0.1, 0.15) is 5.76 Å². The average molecular weight is 367 g/mol. The summed E-state index contributed by atoms with van der Waals surface area (Å²) in [5.41, 5.74) is 14.8. The largest absolute Gasteiger partial charge is 0.455 e. The van der Waals surface area contributed by atoms with Crippen molar-refractivity contribution in [1.29, 1.82) is 0 Å². The Hall–Kier alpha value is -3.09. The molecule has 0 spiro atoms. The number of anilines is 1. The predicted octanol–water partition coefficient (Wildman–Crippen LogP) is 3.10. The van der Waals surface area contributed by atoms with Crippen molar-refractivity contribution in [1.82, 2.24) is 0 Å². The molecule has 7 nitrogen and oxygen atoms in total. The Morgan fingerprint density at radius 2 is 1.89 bits per heavy atom. The van der Waals surface area contributed by atoms with E-state index in [1.807, 2.05) is 38.1 Å². The molecule has 0 atom stereocenters. The van der Waals surface area contributed by atoms with Gasteiger partial charge in [-0.3, -0.25) is 4.79 Å². The molecule has 27 heavy (non-hydrogen) atoms. The normalized spacial score (nSPS) is 16.7. The van der Waals surface area contributed by atoms with E-state index in [0.29, 0.717) is 18.6 Å². The molecular weight excluding hydrogens is 342 g/mol. The number of hydrogen-bond donors (Lipinski definition) is 3. The summed E-state index contributed by atoms with van der Waals surface area (Å²) in [6.45, 7) is 8.04. The molecular formula is C20H25N5O2. The first-order chi connectivity index (χ1) is 12.7. The highest BCUT2D eigenvalue weighted by Crippen LogP contribution is 2.39. The Labute approximate surface area is 158 Å². The SMILES string of the molecule is Cc1ccccc1NC(=O)c1oc2c(c1C)/C(=N\N=C(N)N)CC(C)(C)C2. The molecule has 0 saturated heterocycles. The van der Waals surface area contributed by atoms with E-state index in [0.717, 1.165) is 33.8 Å². The lowest BCUT2D eigenvalue weighted by molar-refractivity contribution is 0.0992. The fourth-order valence-corrected chi connectivity index (χ4v) is 3.43. The number of carbonyl (C=O) groups is 1. The second kappa shape index (κ2) is 6.90. The van der Waals surface area contributed by atoms with Crippen LogP contribution in [0.5, 0.6) is 0 Å². The lowest BCUT2D eigenvalue weighted by atomic mass is 9.75. The maximum absolute atomic E-state index is 12.8. The molecule has 7 heteroatoms. The van der Waals surface area contributed by atoms with Gasteiger partial charge in [0.2, 0.25) is 5.96 Å². The van der Waals surface area contributed by atoms with Gasteiger partial charge in [-0.2, -0.15) is 5.10 Å². The van der Waals surface area contributed by atoms with E-state index in [1.54, 1.807) is 0 Å². The van der Waals surface area contributed by atoms with Gasteiger partial charge in [-0.25, -0.2) is 0 Å². The van der Waals surface area contributed by atoms with Crippen molar-refractivity contribution in [3.05, 3.63) is 52.5 Å². The Morgan fingerprint density at radius 1 is 1.19 bits per heavy atom. The van der Waals surface area contributed by atoms with Crippen LogP contribution in [0.15, 0.2) is 38.9 Å². The molecule has 0 aliphatic heterocycles. The quantitative estimate of drug-likeness (QED) is 0.439. The number of nitrogens with two attached hydrogens (primary N) is 2. The number of hydrogen-bond acceptors (Lipinski definition) is 4. The van der Waals surface area contributed by atoms with Gasteiger partial charge in [0.25, 0.3) is 5.91 Å². The zero-order valence-electron chi connectivity index (χ0n) is 16.1. The zero-order valence-corrected chi connectivity index (χ0v) is 16.1. The second-order valence-electron chi connectivity index (χ2n) is 7.71. The van der Waals surface area contributed by atoms with Crippen molar-refractivity contribution in [2.24, 2.45) is 27.1 Å². The van der Waals surface area contributed by atoms with Crippen molar-refractivity contribution in [3.63, 3.8) is 0 Å². The van der Waals surface area contributed by atoms with Crippen LogP contribution in [0.1, 0.15) is 53.3 Å². The number of rotatable bonds is 3. The maximum atomic E-state index is 12.8. The summed E-state index contributed by atoms with van der Waals surface area (Å²) in [5, 5.41) is 10.9. The summed E-state index contributed by atoms with van der Waals surface area (Å²) in [7, 11) is 0. The fourth-order valence-electron chi connectivity index (χ4n) is 3.43. The van der Waals surface area contributed by atoms with E-state index in [1.165, 1.54) is 0 Å². The highest BCUT2D eigenvalue weighted by atomic mass is 16.4. The molecule has 0 fully saturated rings. The van der Waals surface area contributed by atoms with Crippen molar-refractivity contribution in [2.45, 2.75) is 40.5 Å². The topological polar surface area (TPSA) is 119 Å². The minimum absolute atomic E-state index is 0.0707. The molecule has 1 heterocycles. The average Bonchev–Trinajstić information content (AvgIpc) is 2.90. The molecule has 1 aromatic heterocycles. The van der Waals surface area contributed by atoms with Crippen molar-refractivity contribution < 1.29 is 9.21 Å². The van der Waals surface area contributed by atoms with Gasteiger partial charge in [-0.05, 0) is 37.3 Å². The number of benzene rings is 1. The summed E-state index contributed by atoms with van der Waals surface area (Å²) in [4.78, 5) is 12.8. The number of furan rings is 1. The van der Waals surface area contributed by atoms with Crippen LogP contribution in [-0.2, 0) is 6.42 Å². The summed E-state index contributed by atoms with van der Waals surface area (Å²) in [6.07, 6.45) is 1.40.